The van der Waals surface area contributed by atoms with Gasteiger partial charge in [-0.1, -0.05) is 24.3 Å². The largest absolute Gasteiger partial charge is 0.493 e. The highest BCUT2D eigenvalue weighted by atomic mass is 16.6. The van der Waals surface area contributed by atoms with Crippen LogP contribution in [0.2, 0.25) is 0 Å². The van der Waals surface area contributed by atoms with Crippen LogP contribution in [0.1, 0.15) is 49.2 Å². The molecule has 172 valence electrons. The Morgan fingerprint density at radius 2 is 1.47 bits per heavy atom. The lowest BCUT2D eigenvalue weighted by atomic mass is 10.1. The van der Waals surface area contributed by atoms with Crippen molar-refractivity contribution in [2.24, 2.45) is 0 Å². The number of nitrogens with zero attached hydrogens (tertiary/aromatic N) is 2. The number of ether oxygens (including phenoxy) is 2. The fourth-order valence-corrected chi connectivity index (χ4v) is 3.56. The molecule has 1 aliphatic heterocycles. The zero-order valence-electron chi connectivity index (χ0n) is 19.6. The van der Waals surface area contributed by atoms with E-state index in [2.05, 4.69) is 29.2 Å². The third-order valence-electron chi connectivity index (χ3n) is 5.37. The summed E-state index contributed by atoms with van der Waals surface area (Å²) >= 11 is 0. The smallest absolute Gasteiger partial charge is 0.410 e. The van der Waals surface area contributed by atoms with Gasteiger partial charge >= 0.3 is 6.09 Å². The molecule has 1 heterocycles. The van der Waals surface area contributed by atoms with Gasteiger partial charge in [0.15, 0.2) is 5.78 Å². The molecular formula is C26H34N2O4. The molecule has 6 nitrogen and oxygen atoms in total. The van der Waals surface area contributed by atoms with Gasteiger partial charge in [-0.2, -0.15) is 0 Å². The molecule has 0 aliphatic carbocycles. The Bertz CT molecular complexity index is 893. The Morgan fingerprint density at radius 1 is 0.875 bits per heavy atom. The summed E-state index contributed by atoms with van der Waals surface area (Å²) in [5.41, 5.74) is 2.73. The van der Waals surface area contributed by atoms with E-state index in [-0.39, 0.29) is 11.9 Å². The van der Waals surface area contributed by atoms with E-state index in [0.717, 1.165) is 31.8 Å². The molecule has 6 heteroatoms. The number of carbonyl (C=O) groups excluding carboxylic acids is 2. The molecule has 0 aromatic heterocycles. The van der Waals surface area contributed by atoms with E-state index in [0.29, 0.717) is 25.3 Å². The maximum absolute atomic E-state index is 12.2. The molecule has 1 amide bonds. The van der Waals surface area contributed by atoms with E-state index < -0.39 is 5.60 Å². The molecule has 0 unspecified atom stereocenters. The van der Waals surface area contributed by atoms with Crippen LogP contribution in [0.15, 0.2) is 48.5 Å². The number of rotatable bonds is 7. The Hall–Kier alpha value is -2.86. The third kappa shape index (κ3) is 7.38. The van der Waals surface area contributed by atoms with E-state index >= 15 is 0 Å². The normalized spacial score (nSPS) is 14.8. The predicted octanol–water partition coefficient (Wildman–Crippen LogP) is 4.56. The van der Waals surface area contributed by atoms with E-state index in [4.69, 9.17) is 9.47 Å². The lowest BCUT2D eigenvalue weighted by Crippen LogP contribution is -2.49. The van der Waals surface area contributed by atoms with Crippen molar-refractivity contribution in [2.45, 2.75) is 46.3 Å². The highest BCUT2D eigenvalue weighted by Gasteiger charge is 2.25. The van der Waals surface area contributed by atoms with E-state index in [1.807, 2.05) is 32.9 Å². The minimum atomic E-state index is -0.457. The van der Waals surface area contributed by atoms with Crippen LogP contribution in [0.5, 0.6) is 5.75 Å². The molecule has 0 bridgehead atoms. The van der Waals surface area contributed by atoms with Crippen molar-refractivity contribution in [2.75, 3.05) is 32.8 Å². The van der Waals surface area contributed by atoms with E-state index in [9.17, 15) is 9.59 Å². The number of hydrogen-bond donors (Lipinski definition) is 0. The standard InChI is InChI=1S/C26H34N2O4/c1-20(29)23-9-11-24(12-10-23)31-18-13-21-5-7-22(8-6-21)19-27-14-16-28(17-15-27)25(30)32-26(2,3)4/h5-12H,13-19H2,1-4H3. The van der Waals surface area contributed by atoms with Crippen molar-refractivity contribution in [3.05, 3.63) is 65.2 Å². The van der Waals surface area contributed by atoms with E-state index in [1.165, 1.54) is 11.1 Å². The second-order valence-corrected chi connectivity index (χ2v) is 9.24. The summed E-state index contributed by atoms with van der Waals surface area (Å²) in [6.07, 6.45) is 0.599. The molecule has 32 heavy (non-hydrogen) atoms. The average molecular weight is 439 g/mol. The number of amides is 1. The zero-order chi connectivity index (χ0) is 23.1. The molecule has 0 N–H and O–H groups in total. The number of Topliss-reactive ketones (excluding diaryl/α,β-unsaturated/α-hetero) is 1. The van der Waals surface area contributed by atoms with Gasteiger partial charge in [0.25, 0.3) is 0 Å². The van der Waals surface area contributed by atoms with Gasteiger partial charge in [0.05, 0.1) is 6.61 Å². The number of ketones is 1. The van der Waals surface area contributed by atoms with Crippen LogP contribution < -0.4 is 4.74 Å². The minimum absolute atomic E-state index is 0.0570. The summed E-state index contributed by atoms with van der Waals surface area (Å²) in [6.45, 7) is 11.8. The van der Waals surface area contributed by atoms with Crippen LogP contribution in [0.4, 0.5) is 4.79 Å². The quantitative estimate of drug-likeness (QED) is 0.593. The molecule has 2 aromatic carbocycles. The summed E-state index contributed by atoms with van der Waals surface area (Å²) in [4.78, 5) is 27.7. The second-order valence-electron chi connectivity index (χ2n) is 9.24. The maximum atomic E-state index is 12.2. The van der Waals surface area contributed by atoms with Crippen molar-refractivity contribution in [3.63, 3.8) is 0 Å². The molecule has 1 aliphatic rings. The van der Waals surface area contributed by atoms with Gasteiger partial charge in [0.1, 0.15) is 11.4 Å². The van der Waals surface area contributed by atoms with Crippen LogP contribution in [0.25, 0.3) is 0 Å². The molecule has 1 fully saturated rings. The predicted molar refractivity (Wildman–Crippen MR) is 125 cm³/mol. The fraction of sp³-hybridized carbons (Fsp3) is 0.462. The van der Waals surface area contributed by atoms with Crippen LogP contribution in [0.3, 0.4) is 0 Å². The molecule has 1 saturated heterocycles. The zero-order valence-corrected chi connectivity index (χ0v) is 19.6. The van der Waals surface area contributed by atoms with E-state index in [1.54, 1.807) is 24.0 Å². The first-order valence-corrected chi connectivity index (χ1v) is 11.2. The van der Waals surface area contributed by atoms with Crippen molar-refractivity contribution in [3.8, 4) is 5.75 Å². The number of carbonyl (C=O) groups is 2. The monoisotopic (exact) mass is 438 g/mol. The van der Waals surface area contributed by atoms with Gasteiger partial charge in [-0.25, -0.2) is 4.79 Å². The first kappa shape index (κ1) is 23.8. The molecule has 3 rings (SSSR count). The third-order valence-corrected chi connectivity index (χ3v) is 5.37. The number of piperazine rings is 1. The van der Waals surface area contributed by atoms with Gasteiger partial charge in [0, 0.05) is 44.7 Å². The Balaban J connectivity index is 1.39. The van der Waals surface area contributed by atoms with Gasteiger partial charge < -0.3 is 14.4 Å². The summed E-state index contributed by atoms with van der Waals surface area (Å²) in [6, 6.07) is 15.9. The van der Waals surface area contributed by atoms with Crippen LogP contribution >= 0.6 is 0 Å². The summed E-state index contributed by atoms with van der Waals surface area (Å²) < 4.78 is 11.3. The summed E-state index contributed by atoms with van der Waals surface area (Å²) in [7, 11) is 0. The van der Waals surface area contributed by atoms with Crippen molar-refractivity contribution in [1.82, 2.24) is 9.80 Å². The lowest BCUT2D eigenvalue weighted by Gasteiger charge is -2.35. The Morgan fingerprint density at radius 3 is 2.03 bits per heavy atom. The molecule has 2 aromatic rings. The van der Waals surface area contributed by atoms with Gasteiger partial charge in [-0.05, 0) is 63.1 Å². The van der Waals surface area contributed by atoms with Crippen molar-refractivity contribution >= 4 is 11.9 Å². The molecule has 0 radical (unpaired) electrons. The Kier molecular flexibility index (Phi) is 7.91. The van der Waals surface area contributed by atoms with Crippen molar-refractivity contribution < 1.29 is 19.1 Å². The lowest BCUT2D eigenvalue weighted by molar-refractivity contribution is 0.0139. The molecular weight excluding hydrogens is 404 g/mol. The second kappa shape index (κ2) is 10.6. The topological polar surface area (TPSA) is 59.1 Å². The number of hydrogen-bond acceptors (Lipinski definition) is 5. The fourth-order valence-electron chi connectivity index (χ4n) is 3.56. The summed E-state index contributed by atoms with van der Waals surface area (Å²) in [5.74, 6) is 0.832. The number of benzene rings is 2. The maximum Gasteiger partial charge on any atom is 0.410 e. The SMILES string of the molecule is CC(=O)c1ccc(OCCc2ccc(CN3CCN(C(=O)OC(C)(C)C)CC3)cc2)cc1. The average Bonchev–Trinajstić information content (AvgIpc) is 2.75. The van der Waals surface area contributed by atoms with Crippen LogP contribution in [-0.2, 0) is 17.7 Å². The first-order chi connectivity index (χ1) is 15.2. The molecule has 0 spiro atoms. The van der Waals surface area contributed by atoms with Crippen molar-refractivity contribution in [1.29, 1.82) is 0 Å². The highest BCUT2D eigenvalue weighted by Crippen LogP contribution is 2.15. The van der Waals surface area contributed by atoms with Gasteiger partial charge in [0.2, 0.25) is 0 Å². The van der Waals surface area contributed by atoms with Crippen LogP contribution in [0, 0.1) is 0 Å². The summed E-state index contributed by atoms with van der Waals surface area (Å²) in [5, 5.41) is 0. The van der Waals surface area contributed by atoms with Crippen LogP contribution in [-0.4, -0.2) is 60.1 Å². The molecule has 0 atom stereocenters. The highest BCUT2D eigenvalue weighted by molar-refractivity contribution is 5.94. The minimum Gasteiger partial charge on any atom is -0.493 e. The van der Waals surface area contributed by atoms with Gasteiger partial charge in [-0.3, -0.25) is 9.69 Å². The molecule has 0 saturated carbocycles. The first-order valence-electron chi connectivity index (χ1n) is 11.2. The van der Waals surface area contributed by atoms with Gasteiger partial charge in [-0.15, -0.1) is 0 Å². The Labute approximate surface area is 191 Å².